The molecule has 0 aliphatic rings. The third kappa shape index (κ3) is 4.31. The zero-order valence-electron chi connectivity index (χ0n) is 11.3. The number of nitrogens with one attached hydrogen (secondary N) is 1. The fourth-order valence-corrected chi connectivity index (χ4v) is 1.76. The van der Waals surface area contributed by atoms with Crippen LogP contribution in [0.4, 0.5) is 0 Å². The van der Waals surface area contributed by atoms with Crippen LogP contribution >= 0.6 is 0 Å². The summed E-state index contributed by atoms with van der Waals surface area (Å²) >= 11 is 0. The third-order valence-corrected chi connectivity index (χ3v) is 2.92. The Balaban J connectivity index is 2.72. The van der Waals surface area contributed by atoms with Crippen molar-refractivity contribution in [3.05, 3.63) is 29.8 Å². The highest BCUT2D eigenvalue weighted by molar-refractivity contribution is 5.82. The van der Waals surface area contributed by atoms with Gasteiger partial charge in [0.15, 0.2) is 0 Å². The summed E-state index contributed by atoms with van der Waals surface area (Å²) in [6.45, 7) is 2.00. The zero-order valence-corrected chi connectivity index (χ0v) is 11.3. The standard InChI is InChI=1S/C15H20N2O2/c1-4-6-13(16)15(18)17-14(5-2)11-7-9-12(19-3)10-8-11/h1,7-10,13-14H,5-6,16H2,2-3H3,(H,17,18). The number of rotatable bonds is 6. The van der Waals surface area contributed by atoms with Crippen molar-refractivity contribution >= 4 is 5.91 Å². The summed E-state index contributed by atoms with van der Waals surface area (Å²) in [4.78, 5) is 11.8. The normalized spacial score (nSPS) is 13.2. The van der Waals surface area contributed by atoms with Gasteiger partial charge in [-0.15, -0.1) is 12.3 Å². The molecule has 1 aromatic rings. The summed E-state index contributed by atoms with van der Waals surface area (Å²) in [6, 6.07) is 6.87. The van der Waals surface area contributed by atoms with Gasteiger partial charge in [-0.25, -0.2) is 0 Å². The van der Waals surface area contributed by atoms with Crippen LogP contribution in [0.5, 0.6) is 5.75 Å². The molecule has 0 aliphatic carbocycles. The van der Waals surface area contributed by atoms with Crippen molar-refractivity contribution in [3.8, 4) is 18.1 Å². The number of terminal acetylenes is 1. The predicted molar refractivity (Wildman–Crippen MR) is 75.6 cm³/mol. The summed E-state index contributed by atoms with van der Waals surface area (Å²) in [5, 5.41) is 2.90. The van der Waals surface area contributed by atoms with Crippen molar-refractivity contribution in [1.82, 2.24) is 5.32 Å². The number of methoxy groups -OCH3 is 1. The fourth-order valence-electron chi connectivity index (χ4n) is 1.76. The van der Waals surface area contributed by atoms with Crippen LogP contribution in [0.25, 0.3) is 0 Å². The molecule has 102 valence electrons. The maximum atomic E-state index is 11.8. The summed E-state index contributed by atoms with van der Waals surface area (Å²) in [5.74, 6) is 2.96. The van der Waals surface area contributed by atoms with Crippen LogP contribution in [0.2, 0.25) is 0 Å². The Labute approximate surface area is 114 Å². The Morgan fingerprint density at radius 1 is 1.47 bits per heavy atom. The highest BCUT2D eigenvalue weighted by atomic mass is 16.5. The molecule has 0 fully saturated rings. The van der Waals surface area contributed by atoms with Crippen LogP contribution in [0, 0.1) is 12.3 Å². The molecule has 0 radical (unpaired) electrons. The average molecular weight is 260 g/mol. The molecule has 3 N–H and O–H groups in total. The van der Waals surface area contributed by atoms with Crippen LogP contribution in [0.15, 0.2) is 24.3 Å². The molecule has 1 rings (SSSR count). The van der Waals surface area contributed by atoms with E-state index in [1.807, 2.05) is 31.2 Å². The van der Waals surface area contributed by atoms with Crippen molar-refractivity contribution in [2.24, 2.45) is 5.73 Å². The van der Waals surface area contributed by atoms with Gasteiger partial charge < -0.3 is 15.8 Å². The predicted octanol–water partition coefficient (Wildman–Crippen LogP) is 1.61. The molecule has 2 atom stereocenters. The monoisotopic (exact) mass is 260 g/mol. The van der Waals surface area contributed by atoms with E-state index in [1.54, 1.807) is 7.11 Å². The van der Waals surface area contributed by atoms with Crippen molar-refractivity contribution in [3.63, 3.8) is 0 Å². The Bertz CT molecular complexity index is 448. The Morgan fingerprint density at radius 3 is 2.58 bits per heavy atom. The third-order valence-electron chi connectivity index (χ3n) is 2.92. The molecule has 2 unspecified atom stereocenters. The molecule has 0 aliphatic heterocycles. The quantitative estimate of drug-likeness (QED) is 0.764. The minimum Gasteiger partial charge on any atom is -0.497 e. The smallest absolute Gasteiger partial charge is 0.238 e. The lowest BCUT2D eigenvalue weighted by atomic mass is 10.0. The molecule has 0 saturated heterocycles. The van der Waals surface area contributed by atoms with E-state index < -0.39 is 6.04 Å². The molecule has 4 heteroatoms. The minimum atomic E-state index is -0.655. The molecule has 0 saturated carbocycles. The lowest BCUT2D eigenvalue weighted by molar-refractivity contribution is -0.123. The first-order chi connectivity index (χ1) is 9.12. The van der Waals surface area contributed by atoms with E-state index in [-0.39, 0.29) is 18.4 Å². The van der Waals surface area contributed by atoms with Crippen LogP contribution in [0.3, 0.4) is 0 Å². The van der Waals surface area contributed by atoms with Gasteiger partial charge in [0.05, 0.1) is 19.2 Å². The molecule has 0 aromatic heterocycles. The highest BCUT2D eigenvalue weighted by Crippen LogP contribution is 2.20. The second kappa shape index (κ2) is 7.45. The highest BCUT2D eigenvalue weighted by Gasteiger charge is 2.17. The van der Waals surface area contributed by atoms with E-state index in [0.717, 1.165) is 17.7 Å². The van der Waals surface area contributed by atoms with Crippen molar-refractivity contribution in [1.29, 1.82) is 0 Å². The molecule has 1 amide bonds. The number of carbonyl (C=O) groups is 1. The van der Waals surface area contributed by atoms with Crippen LogP contribution < -0.4 is 15.8 Å². The number of amides is 1. The van der Waals surface area contributed by atoms with Crippen molar-refractivity contribution in [2.75, 3.05) is 7.11 Å². The van der Waals surface area contributed by atoms with Gasteiger partial charge in [0.25, 0.3) is 0 Å². The van der Waals surface area contributed by atoms with Gasteiger partial charge in [-0.3, -0.25) is 4.79 Å². The number of nitrogens with two attached hydrogens (primary N) is 1. The molecule has 1 aromatic carbocycles. The van der Waals surface area contributed by atoms with Crippen molar-refractivity contribution in [2.45, 2.75) is 31.8 Å². The number of benzene rings is 1. The van der Waals surface area contributed by atoms with Gasteiger partial charge in [-0.2, -0.15) is 0 Å². The van der Waals surface area contributed by atoms with Gasteiger partial charge in [-0.05, 0) is 24.1 Å². The fraction of sp³-hybridized carbons (Fsp3) is 0.400. The van der Waals surface area contributed by atoms with Gasteiger partial charge in [0, 0.05) is 6.42 Å². The maximum Gasteiger partial charge on any atom is 0.238 e. The lowest BCUT2D eigenvalue weighted by Gasteiger charge is -2.19. The lowest BCUT2D eigenvalue weighted by Crippen LogP contribution is -2.41. The summed E-state index contributed by atoms with van der Waals surface area (Å²) in [7, 11) is 1.62. The van der Waals surface area contributed by atoms with E-state index in [2.05, 4.69) is 11.2 Å². The van der Waals surface area contributed by atoms with E-state index >= 15 is 0 Å². The van der Waals surface area contributed by atoms with Gasteiger partial charge in [0.1, 0.15) is 5.75 Å². The SMILES string of the molecule is C#CCC(N)C(=O)NC(CC)c1ccc(OC)cc1. The molecular formula is C15H20N2O2. The molecular weight excluding hydrogens is 240 g/mol. The average Bonchev–Trinajstić information content (AvgIpc) is 2.45. The number of ether oxygens (including phenoxy) is 1. The second-order valence-electron chi connectivity index (χ2n) is 4.26. The second-order valence-corrected chi connectivity index (χ2v) is 4.26. The number of hydrogen-bond donors (Lipinski definition) is 2. The number of hydrogen-bond acceptors (Lipinski definition) is 3. The summed E-state index contributed by atoms with van der Waals surface area (Å²) in [6.07, 6.45) is 6.17. The van der Waals surface area contributed by atoms with Crippen LogP contribution in [0.1, 0.15) is 31.4 Å². The first-order valence-corrected chi connectivity index (χ1v) is 6.25. The molecule has 0 bridgehead atoms. The van der Waals surface area contributed by atoms with Crippen LogP contribution in [-0.2, 0) is 4.79 Å². The number of carbonyl (C=O) groups excluding carboxylic acids is 1. The largest absolute Gasteiger partial charge is 0.497 e. The topological polar surface area (TPSA) is 64.4 Å². The van der Waals surface area contributed by atoms with Crippen LogP contribution in [-0.4, -0.2) is 19.1 Å². The van der Waals surface area contributed by atoms with E-state index in [9.17, 15) is 4.79 Å². The Kier molecular flexibility index (Phi) is 5.91. The Morgan fingerprint density at radius 2 is 2.11 bits per heavy atom. The van der Waals surface area contributed by atoms with Gasteiger partial charge in [0.2, 0.25) is 5.91 Å². The molecule has 4 nitrogen and oxygen atoms in total. The molecule has 0 heterocycles. The first kappa shape index (κ1) is 15.1. The van der Waals surface area contributed by atoms with Gasteiger partial charge >= 0.3 is 0 Å². The van der Waals surface area contributed by atoms with Gasteiger partial charge in [-0.1, -0.05) is 19.1 Å². The minimum absolute atomic E-state index is 0.0674. The van der Waals surface area contributed by atoms with Crippen molar-refractivity contribution < 1.29 is 9.53 Å². The molecule has 0 spiro atoms. The van der Waals surface area contributed by atoms with E-state index in [0.29, 0.717) is 0 Å². The first-order valence-electron chi connectivity index (χ1n) is 6.25. The van der Waals surface area contributed by atoms with E-state index in [4.69, 9.17) is 16.9 Å². The zero-order chi connectivity index (χ0) is 14.3. The summed E-state index contributed by atoms with van der Waals surface area (Å²) in [5.41, 5.74) is 6.70. The Hall–Kier alpha value is -1.99. The molecule has 19 heavy (non-hydrogen) atoms. The van der Waals surface area contributed by atoms with E-state index in [1.165, 1.54) is 0 Å². The maximum absolute atomic E-state index is 11.8. The summed E-state index contributed by atoms with van der Waals surface area (Å²) < 4.78 is 5.10.